The molecule has 1 aromatic carbocycles. The van der Waals surface area contributed by atoms with Crippen LogP contribution in [0.25, 0.3) is 0 Å². The number of rotatable bonds is 6. The average molecular weight is 418 g/mol. The van der Waals surface area contributed by atoms with E-state index in [9.17, 15) is 9.90 Å². The summed E-state index contributed by atoms with van der Waals surface area (Å²) in [6, 6.07) is 8.63. The Balaban J connectivity index is 1.55. The quantitative estimate of drug-likeness (QED) is 0.645. The van der Waals surface area contributed by atoms with E-state index >= 15 is 0 Å². The van der Waals surface area contributed by atoms with Crippen LogP contribution >= 0.6 is 15.9 Å². The van der Waals surface area contributed by atoms with Crippen molar-refractivity contribution in [3.63, 3.8) is 0 Å². The molecule has 3 aromatic rings. The summed E-state index contributed by atoms with van der Waals surface area (Å²) >= 11 is 3.50. The molecule has 0 saturated carbocycles. The van der Waals surface area contributed by atoms with E-state index in [1.807, 2.05) is 30.7 Å². The first-order valence-corrected chi connectivity index (χ1v) is 9.02. The smallest absolute Gasteiger partial charge is 0.271 e. The van der Waals surface area contributed by atoms with Crippen LogP contribution in [0.1, 0.15) is 27.4 Å². The molecular formula is C18H20BrN5O2. The van der Waals surface area contributed by atoms with E-state index in [1.165, 1.54) is 0 Å². The molecule has 26 heavy (non-hydrogen) atoms. The molecule has 0 aliphatic carbocycles. The number of phenolic OH excluding ortho intramolecular Hbond substituents is 1. The number of hydrogen-bond acceptors (Lipinski definition) is 4. The van der Waals surface area contributed by atoms with E-state index in [0.29, 0.717) is 25.3 Å². The van der Waals surface area contributed by atoms with Crippen molar-refractivity contribution in [1.82, 2.24) is 24.9 Å². The molecule has 0 unspecified atom stereocenters. The van der Waals surface area contributed by atoms with Crippen molar-refractivity contribution in [3.05, 3.63) is 63.6 Å². The molecule has 136 valence electrons. The highest BCUT2D eigenvalue weighted by atomic mass is 79.9. The van der Waals surface area contributed by atoms with E-state index in [4.69, 9.17) is 0 Å². The number of carbonyl (C=O) groups is 1. The molecule has 7 nitrogen and oxygen atoms in total. The maximum Gasteiger partial charge on any atom is 0.271 e. The normalized spacial score (nSPS) is 10.9. The summed E-state index contributed by atoms with van der Waals surface area (Å²) in [4.78, 5) is 12.2. The van der Waals surface area contributed by atoms with Gasteiger partial charge in [-0.2, -0.15) is 10.2 Å². The Kier molecular flexibility index (Phi) is 5.41. The highest BCUT2D eigenvalue weighted by Gasteiger charge is 2.12. The maximum absolute atomic E-state index is 12.2. The first-order valence-electron chi connectivity index (χ1n) is 8.23. The molecule has 0 spiro atoms. The lowest BCUT2D eigenvalue weighted by molar-refractivity contribution is 0.0948. The molecule has 2 aromatic heterocycles. The third-order valence-corrected chi connectivity index (χ3v) is 5.23. The zero-order chi connectivity index (χ0) is 18.7. The highest BCUT2D eigenvalue weighted by Crippen LogP contribution is 2.19. The van der Waals surface area contributed by atoms with Gasteiger partial charge in [0.05, 0.1) is 15.9 Å². The molecule has 0 bridgehead atoms. The number of carbonyl (C=O) groups excluding carboxylic acids is 1. The lowest BCUT2D eigenvalue weighted by Crippen LogP contribution is -2.26. The van der Waals surface area contributed by atoms with Crippen molar-refractivity contribution in [3.8, 4) is 5.75 Å². The van der Waals surface area contributed by atoms with Gasteiger partial charge in [0.1, 0.15) is 18.1 Å². The van der Waals surface area contributed by atoms with E-state index < -0.39 is 0 Å². The zero-order valence-electron chi connectivity index (χ0n) is 14.6. The summed E-state index contributed by atoms with van der Waals surface area (Å²) in [7, 11) is 0. The third-order valence-electron chi connectivity index (χ3n) is 4.08. The van der Waals surface area contributed by atoms with Crippen LogP contribution in [0.5, 0.6) is 5.75 Å². The number of phenols is 1. The number of amides is 1. The van der Waals surface area contributed by atoms with Crippen molar-refractivity contribution < 1.29 is 9.90 Å². The van der Waals surface area contributed by atoms with Gasteiger partial charge in [0.15, 0.2) is 0 Å². The molecule has 1 amide bonds. The molecule has 0 fully saturated rings. The SMILES string of the molecule is Cc1nn(Cn2ccc(C(=O)NCCc3ccc(O)cc3)n2)c(C)c1Br. The molecule has 3 rings (SSSR count). The van der Waals surface area contributed by atoms with Crippen molar-refractivity contribution in [2.75, 3.05) is 6.54 Å². The fourth-order valence-corrected chi connectivity index (χ4v) is 2.87. The summed E-state index contributed by atoms with van der Waals surface area (Å²) in [5.41, 5.74) is 3.35. The molecule has 8 heteroatoms. The number of aryl methyl sites for hydroxylation is 1. The van der Waals surface area contributed by atoms with Crippen LogP contribution in [0.4, 0.5) is 0 Å². The maximum atomic E-state index is 12.2. The van der Waals surface area contributed by atoms with Gasteiger partial charge in [-0.05, 0) is 60.0 Å². The number of nitrogens with zero attached hydrogens (tertiary/aromatic N) is 4. The molecule has 0 atom stereocenters. The Labute approximate surface area is 159 Å². The molecule has 0 saturated heterocycles. The number of hydrogen-bond donors (Lipinski definition) is 2. The van der Waals surface area contributed by atoms with Gasteiger partial charge in [0.2, 0.25) is 0 Å². The van der Waals surface area contributed by atoms with Crippen LogP contribution in [-0.4, -0.2) is 37.1 Å². The largest absolute Gasteiger partial charge is 0.508 e. The van der Waals surface area contributed by atoms with Crippen LogP contribution in [0.3, 0.4) is 0 Å². The molecular weight excluding hydrogens is 398 g/mol. The number of aromatic hydroxyl groups is 1. The second-order valence-corrected chi connectivity index (χ2v) is 6.83. The van der Waals surface area contributed by atoms with E-state index in [1.54, 1.807) is 29.1 Å². The fourth-order valence-electron chi connectivity index (χ4n) is 2.59. The average Bonchev–Trinajstić information content (AvgIpc) is 3.18. The minimum Gasteiger partial charge on any atom is -0.508 e. The summed E-state index contributed by atoms with van der Waals surface area (Å²) in [5, 5.41) is 20.9. The molecule has 0 aliphatic rings. The van der Waals surface area contributed by atoms with Crippen LogP contribution < -0.4 is 5.32 Å². The monoisotopic (exact) mass is 417 g/mol. The highest BCUT2D eigenvalue weighted by molar-refractivity contribution is 9.10. The first-order chi connectivity index (χ1) is 12.4. The summed E-state index contributed by atoms with van der Waals surface area (Å²) in [6.45, 7) is 4.86. The van der Waals surface area contributed by atoms with Crippen LogP contribution in [0.2, 0.25) is 0 Å². The second kappa shape index (κ2) is 7.74. The topological polar surface area (TPSA) is 85.0 Å². The van der Waals surface area contributed by atoms with Gasteiger partial charge in [-0.3, -0.25) is 9.48 Å². The number of benzene rings is 1. The Bertz CT molecular complexity index is 914. The van der Waals surface area contributed by atoms with Gasteiger partial charge in [-0.25, -0.2) is 4.68 Å². The van der Waals surface area contributed by atoms with Crippen molar-refractivity contribution in [2.45, 2.75) is 26.9 Å². The summed E-state index contributed by atoms with van der Waals surface area (Å²) < 4.78 is 4.50. The first kappa shape index (κ1) is 18.2. The van der Waals surface area contributed by atoms with Gasteiger partial charge in [-0.15, -0.1) is 0 Å². The lowest BCUT2D eigenvalue weighted by Gasteiger charge is -2.05. The van der Waals surface area contributed by atoms with Crippen LogP contribution in [0.15, 0.2) is 41.0 Å². The lowest BCUT2D eigenvalue weighted by atomic mass is 10.1. The van der Waals surface area contributed by atoms with Crippen molar-refractivity contribution in [2.24, 2.45) is 0 Å². The van der Waals surface area contributed by atoms with Crippen molar-refractivity contribution >= 4 is 21.8 Å². The van der Waals surface area contributed by atoms with Gasteiger partial charge in [-0.1, -0.05) is 12.1 Å². The minimum atomic E-state index is -0.211. The summed E-state index contributed by atoms with van der Waals surface area (Å²) in [5.74, 6) is 0.0232. The van der Waals surface area contributed by atoms with E-state index in [2.05, 4.69) is 31.4 Å². The predicted octanol–water partition coefficient (Wildman–Crippen LogP) is 2.64. The third kappa shape index (κ3) is 4.13. The number of halogens is 1. The fraction of sp³-hybridized carbons (Fsp3) is 0.278. The van der Waals surface area contributed by atoms with Gasteiger partial charge < -0.3 is 10.4 Å². The molecule has 0 radical (unpaired) electrons. The Hall–Kier alpha value is -2.61. The minimum absolute atomic E-state index is 0.211. The number of aromatic nitrogens is 4. The standard InChI is InChI=1S/C18H20BrN5O2/c1-12-17(19)13(2)24(21-12)11-23-10-8-16(22-23)18(26)20-9-7-14-3-5-15(25)6-4-14/h3-6,8,10,25H,7,9,11H2,1-2H3,(H,20,26). The van der Waals surface area contributed by atoms with E-state index in [0.717, 1.165) is 21.4 Å². The molecule has 0 aliphatic heterocycles. The number of nitrogens with one attached hydrogen (secondary N) is 1. The van der Waals surface area contributed by atoms with Gasteiger partial charge in [0, 0.05) is 12.7 Å². The Morgan fingerprint density at radius 3 is 2.58 bits per heavy atom. The Morgan fingerprint density at radius 1 is 1.19 bits per heavy atom. The van der Waals surface area contributed by atoms with Crippen LogP contribution in [-0.2, 0) is 13.1 Å². The van der Waals surface area contributed by atoms with E-state index in [-0.39, 0.29) is 11.7 Å². The van der Waals surface area contributed by atoms with Gasteiger partial charge in [0.25, 0.3) is 5.91 Å². The molecule has 2 heterocycles. The van der Waals surface area contributed by atoms with Gasteiger partial charge >= 0.3 is 0 Å². The molecule has 2 N–H and O–H groups in total. The second-order valence-electron chi connectivity index (χ2n) is 6.04. The van der Waals surface area contributed by atoms with Crippen molar-refractivity contribution in [1.29, 1.82) is 0 Å². The Morgan fingerprint density at radius 2 is 1.92 bits per heavy atom. The zero-order valence-corrected chi connectivity index (χ0v) is 16.2. The predicted molar refractivity (Wildman–Crippen MR) is 101 cm³/mol. The van der Waals surface area contributed by atoms with Crippen LogP contribution in [0, 0.1) is 13.8 Å². The summed E-state index contributed by atoms with van der Waals surface area (Å²) in [6.07, 6.45) is 2.45.